The van der Waals surface area contributed by atoms with Gasteiger partial charge in [-0.25, -0.2) is 9.59 Å². The minimum Gasteiger partial charge on any atom is -0.455 e. The number of carbonyl (C=O) groups excluding carboxylic acids is 2. The van der Waals surface area contributed by atoms with E-state index in [-0.39, 0.29) is 23.8 Å². The van der Waals surface area contributed by atoms with Crippen LogP contribution in [0.1, 0.15) is 55.3 Å². The third kappa shape index (κ3) is 3.44. The summed E-state index contributed by atoms with van der Waals surface area (Å²) in [5.41, 5.74) is 5.85. The van der Waals surface area contributed by atoms with Gasteiger partial charge in [0.1, 0.15) is 12.2 Å². The number of benzene rings is 3. The Bertz CT molecular complexity index is 1280. The van der Waals surface area contributed by atoms with Gasteiger partial charge in [0.05, 0.1) is 11.1 Å². The highest BCUT2D eigenvalue weighted by molar-refractivity contribution is 5.90. The van der Waals surface area contributed by atoms with Gasteiger partial charge < -0.3 is 9.47 Å². The molecule has 3 aliphatic rings. The van der Waals surface area contributed by atoms with E-state index in [1.165, 1.54) is 11.1 Å². The molecule has 4 heteroatoms. The van der Waals surface area contributed by atoms with Crippen LogP contribution >= 0.6 is 0 Å². The first-order valence-corrected chi connectivity index (χ1v) is 12.1. The Labute approximate surface area is 199 Å². The highest BCUT2D eigenvalue weighted by Crippen LogP contribution is 2.62. The van der Waals surface area contributed by atoms with Crippen LogP contribution in [0.3, 0.4) is 0 Å². The summed E-state index contributed by atoms with van der Waals surface area (Å²) in [6.45, 7) is 3.92. The van der Waals surface area contributed by atoms with Crippen LogP contribution in [0.15, 0.2) is 72.8 Å². The van der Waals surface area contributed by atoms with E-state index >= 15 is 0 Å². The Morgan fingerprint density at radius 3 is 1.91 bits per heavy atom. The van der Waals surface area contributed by atoms with Crippen LogP contribution in [0.25, 0.3) is 0 Å². The summed E-state index contributed by atoms with van der Waals surface area (Å²) in [5.74, 6) is 0.428. The van der Waals surface area contributed by atoms with Crippen molar-refractivity contribution in [1.29, 1.82) is 0 Å². The Kier molecular flexibility index (Phi) is 5.05. The number of aryl methyl sites for hydroxylation is 2. The molecule has 172 valence electrons. The Morgan fingerprint density at radius 2 is 1.29 bits per heavy atom. The summed E-state index contributed by atoms with van der Waals surface area (Å²) in [5, 5.41) is 0. The quantitative estimate of drug-likeness (QED) is 0.479. The van der Waals surface area contributed by atoms with E-state index in [9.17, 15) is 9.59 Å². The van der Waals surface area contributed by atoms with Crippen molar-refractivity contribution in [2.45, 2.75) is 44.8 Å². The van der Waals surface area contributed by atoms with Crippen molar-refractivity contribution < 1.29 is 19.1 Å². The average molecular weight is 453 g/mol. The molecule has 2 fully saturated rings. The lowest BCUT2D eigenvalue weighted by Crippen LogP contribution is -2.45. The maximum Gasteiger partial charge on any atom is 0.338 e. The fraction of sp³-hybridized carbons (Fsp3) is 0.333. The molecule has 2 saturated carbocycles. The van der Waals surface area contributed by atoms with Gasteiger partial charge in [0.25, 0.3) is 0 Å². The summed E-state index contributed by atoms with van der Waals surface area (Å²) in [7, 11) is 0. The third-order valence-corrected chi connectivity index (χ3v) is 8.05. The maximum atomic E-state index is 13.2. The van der Waals surface area contributed by atoms with Gasteiger partial charge in [-0.2, -0.15) is 0 Å². The number of hydrogen-bond donors (Lipinski definition) is 0. The number of esters is 2. The second-order valence-corrected chi connectivity index (χ2v) is 10.1. The maximum absolute atomic E-state index is 13.2. The van der Waals surface area contributed by atoms with Crippen molar-refractivity contribution in [3.05, 3.63) is 106 Å². The van der Waals surface area contributed by atoms with E-state index in [1.807, 2.05) is 50.2 Å². The molecular weight excluding hydrogens is 424 g/mol. The largest absolute Gasteiger partial charge is 0.455 e. The van der Waals surface area contributed by atoms with Crippen molar-refractivity contribution in [1.82, 2.24) is 0 Å². The molecule has 4 unspecified atom stereocenters. The van der Waals surface area contributed by atoms with Crippen molar-refractivity contribution in [3.8, 4) is 0 Å². The third-order valence-electron chi connectivity index (χ3n) is 8.05. The van der Waals surface area contributed by atoms with E-state index in [4.69, 9.17) is 9.47 Å². The summed E-state index contributed by atoms with van der Waals surface area (Å²) >= 11 is 0. The average Bonchev–Trinajstić information content (AvgIpc) is 3.48. The van der Waals surface area contributed by atoms with E-state index in [0.29, 0.717) is 23.0 Å². The first kappa shape index (κ1) is 21.2. The SMILES string of the molecule is Cc1cccc(C(=O)O[C@@H]2C3CC(C4c5ccccc5CC43)[C@@H]2OC(=O)c2cccc(C)c2)c1. The Balaban J connectivity index is 1.32. The highest BCUT2D eigenvalue weighted by Gasteiger charge is 2.63. The minimum absolute atomic E-state index is 0.155. The smallest absolute Gasteiger partial charge is 0.338 e. The second-order valence-electron chi connectivity index (χ2n) is 10.1. The van der Waals surface area contributed by atoms with Crippen LogP contribution in [-0.2, 0) is 15.9 Å². The standard InChI is InChI=1S/C30H28O4/c1-17-7-5-10-20(13-17)29(31)33-27-24-16-25(26-22-12-4-3-9-19(22)15-23(24)26)28(27)34-30(32)21-11-6-8-18(2)14-21/h3-14,23-28H,15-16H2,1-2H3/t23?,24?,25?,26?,27-,28+/m1/s1. The lowest BCUT2D eigenvalue weighted by molar-refractivity contribution is -0.0698. The van der Waals surface area contributed by atoms with Gasteiger partial charge in [-0.1, -0.05) is 59.7 Å². The van der Waals surface area contributed by atoms with E-state index in [2.05, 4.69) is 24.3 Å². The van der Waals surface area contributed by atoms with Gasteiger partial charge in [-0.3, -0.25) is 0 Å². The van der Waals surface area contributed by atoms with E-state index < -0.39 is 12.2 Å². The molecule has 3 aromatic rings. The van der Waals surface area contributed by atoms with Crippen LogP contribution in [0.4, 0.5) is 0 Å². The summed E-state index contributed by atoms with van der Waals surface area (Å²) in [6.07, 6.45) is 1.04. The topological polar surface area (TPSA) is 52.6 Å². The van der Waals surface area contributed by atoms with E-state index in [1.54, 1.807) is 12.1 Å². The lowest BCUT2D eigenvalue weighted by Gasteiger charge is -2.37. The van der Waals surface area contributed by atoms with Crippen LogP contribution < -0.4 is 0 Å². The van der Waals surface area contributed by atoms with Gasteiger partial charge in [0.2, 0.25) is 0 Å². The zero-order valence-electron chi connectivity index (χ0n) is 19.4. The molecule has 6 rings (SSSR count). The number of hydrogen-bond acceptors (Lipinski definition) is 4. The molecule has 0 aliphatic heterocycles. The summed E-state index contributed by atoms with van der Waals surface area (Å²) < 4.78 is 12.3. The van der Waals surface area contributed by atoms with Crippen molar-refractivity contribution in [2.24, 2.45) is 17.8 Å². The van der Waals surface area contributed by atoms with Crippen LogP contribution in [0.2, 0.25) is 0 Å². The highest BCUT2D eigenvalue weighted by atomic mass is 16.6. The van der Waals surface area contributed by atoms with Crippen molar-refractivity contribution in [2.75, 3.05) is 0 Å². The van der Waals surface area contributed by atoms with Crippen molar-refractivity contribution >= 4 is 11.9 Å². The summed E-state index contributed by atoms with van der Waals surface area (Å²) in [4.78, 5) is 26.3. The number of fused-ring (bicyclic) bond motifs is 7. The van der Waals surface area contributed by atoms with Gasteiger partial charge in [0, 0.05) is 11.8 Å². The van der Waals surface area contributed by atoms with Gasteiger partial charge >= 0.3 is 11.9 Å². The lowest BCUT2D eigenvalue weighted by atomic mass is 9.76. The molecule has 0 saturated heterocycles. The molecule has 0 heterocycles. The molecule has 0 amide bonds. The zero-order valence-corrected chi connectivity index (χ0v) is 19.4. The molecule has 3 aromatic carbocycles. The second kappa shape index (κ2) is 8.12. The van der Waals surface area contributed by atoms with Crippen LogP contribution in [0, 0.1) is 31.6 Å². The van der Waals surface area contributed by atoms with E-state index in [0.717, 1.165) is 24.0 Å². The predicted molar refractivity (Wildman–Crippen MR) is 129 cm³/mol. The molecule has 6 atom stereocenters. The number of carbonyl (C=O) groups is 2. The summed E-state index contributed by atoms with van der Waals surface area (Å²) in [6, 6.07) is 23.5. The fourth-order valence-electron chi connectivity index (χ4n) is 6.70. The first-order chi connectivity index (χ1) is 16.5. The predicted octanol–water partition coefficient (Wildman–Crippen LogP) is 5.66. The van der Waals surface area contributed by atoms with Gasteiger partial charge in [-0.15, -0.1) is 0 Å². The molecule has 3 aliphatic carbocycles. The van der Waals surface area contributed by atoms with Gasteiger partial charge in [0.15, 0.2) is 0 Å². The van der Waals surface area contributed by atoms with Crippen LogP contribution in [-0.4, -0.2) is 24.1 Å². The molecule has 2 bridgehead atoms. The normalized spacial score (nSPS) is 28.3. The minimum atomic E-state index is -0.445. The molecule has 0 aromatic heterocycles. The molecule has 0 spiro atoms. The molecular formula is C30H28O4. The molecule has 4 nitrogen and oxygen atoms in total. The number of ether oxygens (including phenoxy) is 2. The Morgan fingerprint density at radius 1 is 0.706 bits per heavy atom. The first-order valence-electron chi connectivity index (χ1n) is 12.1. The zero-order chi connectivity index (χ0) is 23.4. The van der Waals surface area contributed by atoms with Crippen molar-refractivity contribution in [3.63, 3.8) is 0 Å². The molecule has 0 radical (unpaired) electrons. The Hall–Kier alpha value is -3.40. The monoisotopic (exact) mass is 452 g/mol. The number of rotatable bonds is 4. The van der Waals surface area contributed by atoms with Gasteiger partial charge in [-0.05, 0) is 73.9 Å². The fourth-order valence-corrected chi connectivity index (χ4v) is 6.70. The molecule has 0 N–H and O–H groups in total. The van der Waals surface area contributed by atoms with Crippen LogP contribution in [0.5, 0.6) is 0 Å². The molecule has 34 heavy (non-hydrogen) atoms.